The molecule has 1 fully saturated rings. The molecule has 1 aromatic rings. The van der Waals surface area contributed by atoms with Crippen molar-refractivity contribution in [1.82, 2.24) is 5.32 Å². The molecular formula is C18H28ClN. The van der Waals surface area contributed by atoms with Gasteiger partial charge in [0.25, 0.3) is 0 Å². The molecule has 2 heteroatoms. The van der Waals surface area contributed by atoms with Gasteiger partial charge in [-0.25, -0.2) is 0 Å². The second kappa shape index (κ2) is 6.49. The Morgan fingerprint density at radius 1 is 1.05 bits per heavy atom. The zero-order valence-corrected chi connectivity index (χ0v) is 13.9. The van der Waals surface area contributed by atoms with E-state index in [1.165, 1.54) is 44.1 Å². The molecule has 0 aliphatic heterocycles. The summed E-state index contributed by atoms with van der Waals surface area (Å²) >= 11 is 6.04. The first-order chi connectivity index (χ1) is 9.60. The molecule has 20 heavy (non-hydrogen) atoms. The van der Waals surface area contributed by atoms with Gasteiger partial charge in [0.1, 0.15) is 0 Å². The quantitative estimate of drug-likeness (QED) is 0.730. The summed E-state index contributed by atoms with van der Waals surface area (Å²) in [5.74, 6) is 0. The van der Waals surface area contributed by atoms with Gasteiger partial charge in [-0.1, -0.05) is 50.4 Å². The molecular weight excluding hydrogens is 266 g/mol. The molecule has 0 atom stereocenters. The molecule has 112 valence electrons. The van der Waals surface area contributed by atoms with Gasteiger partial charge in [0.15, 0.2) is 0 Å². The van der Waals surface area contributed by atoms with Crippen molar-refractivity contribution in [3.8, 4) is 0 Å². The van der Waals surface area contributed by atoms with Crippen LogP contribution >= 0.6 is 11.6 Å². The van der Waals surface area contributed by atoms with Crippen molar-refractivity contribution in [1.29, 1.82) is 0 Å². The van der Waals surface area contributed by atoms with Gasteiger partial charge in [-0.05, 0) is 55.8 Å². The maximum atomic E-state index is 6.04. The standard InChI is InChI=1S/C18H28ClN/c1-4-10-17(11-5-2)12-18(13-17,14-20-3)15-6-8-16(19)9-7-15/h6-9,20H,4-5,10-14H2,1-3H3. The smallest absolute Gasteiger partial charge is 0.0406 e. The van der Waals surface area contributed by atoms with Crippen molar-refractivity contribution in [2.24, 2.45) is 5.41 Å². The Kier molecular flexibility index (Phi) is 5.14. The molecule has 1 aliphatic carbocycles. The highest BCUT2D eigenvalue weighted by atomic mass is 35.5. The fourth-order valence-corrected chi connectivity index (χ4v) is 4.62. The minimum Gasteiger partial charge on any atom is -0.319 e. The van der Waals surface area contributed by atoms with E-state index in [-0.39, 0.29) is 0 Å². The summed E-state index contributed by atoms with van der Waals surface area (Å²) in [4.78, 5) is 0. The summed E-state index contributed by atoms with van der Waals surface area (Å²) in [7, 11) is 2.07. The lowest BCUT2D eigenvalue weighted by Gasteiger charge is -2.57. The van der Waals surface area contributed by atoms with Crippen LogP contribution in [0.1, 0.15) is 57.9 Å². The fourth-order valence-electron chi connectivity index (χ4n) is 4.50. The Labute approximate surface area is 129 Å². The van der Waals surface area contributed by atoms with Crippen LogP contribution < -0.4 is 5.32 Å². The van der Waals surface area contributed by atoms with Gasteiger partial charge in [0, 0.05) is 17.0 Å². The Balaban J connectivity index is 2.19. The van der Waals surface area contributed by atoms with Crippen LogP contribution in [0.25, 0.3) is 0 Å². The summed E-state index contributed by atoms with van der Waals surface area (Å²) in [6.45, 7) is 5.71. The molecule has 0 heterocycles. The molecule has 1 N–H and O–H groups in total. The van der Waals surface area contributed by atoms with Crippen LogP contribution in [0.4, 0.5) is 0 Å². The van der Waals surface area contributed by atoms with Crippen LogP contribution in [-0.2, 0) is 5.41 Å². The Morgan fingerprint density at radius 3 is 2.05 bits per heavy atom. The minimum absolute atomic E-state index is 0.323. The van der Waals surface area contributed by atoms with Gasteiger partial charge in [-0.3, -0.25) is 0 Å². The van der Waals surface area contributed by atoms with Crippen molar-refractivity contribution in [2.45, 2.75) is 57.8 Å². The lowest BCUT2D eigenvalue weighted by atomic mass is 9.48. The van der Waals surface area contributed by atoms with Crippen molar-refractivity contribution < 1.29 is 0 Å². The fraction of sp³-hybridized carbons (Fsp3) is 0.667. The SMILES string of the molecule is CCCC1(CCC)CC(CNC)(c2ccc(Cl)cc2)C1. The normalized spacial score (nSPS) is 19.6. The maximum Gasteiger partial charge on any atom is 0.0406 e. The van der Waals surface area contributed by atoms with E-state index < -0.39 is 0 Å². The molecule has 1 saturated carbocycles. The molecule has 0 unspecified atom stereocenters. The molecule has 0 aromatic heterocycles. The van der Waals surface area contributed by atoms with E-state index >= 15 is 0 Å². The van der Waals surface area contributed by atoms with Crippen LogP contribution in [0.3, 0.4) is 0 Å². The molecule has 0 radical (unpaired) electrons. The van der Waals surface area contributed by atoms with E-state index in [1.54, 1.807) is 0 Å². The van der Waals surface area contributed by atoms with Crippen molar-refractivity contribution in [2.75, 3.05) is 13.6 Å². The molecule has 1 aromatic carbocycles. The first-order valence-corrected chi connectivity index (χ1v) is 8.38. The number of rotatable bonds is 7. The van der Waals surface area contributed by atoms with E-state index in [0.29, 0.717) is 10.8 Å². The lowest BCUT2D eigenvalue weighted by Crippen LogP contribution is -2.54. The van der Waals surface area contributed by atoms with Crippen LogP contribution in [0, 0.1) is 5.41 Å². The molecule has 1 aliphatic rings. The monoisotopic (exact) mass is 293 g/mol. The first-order valence-electron chi connectivity index (χ1n) is 8.00. The van der Waals surface area contributed by atoms with Crippen molar-refractivity contribution in [3.05, 3.63) is 34.9 Å². The van der Waals surface area contributed by atoms with Crippen LogP contribution in [0.2, 0.25) is 5.02 Å². The minimum atomic E-state index is 0.323. The van der Waals surface area contributed by atoms with Crippen LogP contribution in [-0.4, -0.2) is 13.6 Å². The topological polar surface area (TPSA) is 12.0 Å². The number of halogens is 1. The summed E-state index contributed by atoms with van der Waals surface area (Å²) in [6, 6.07) is 8.52. The van der Waals surface area contributed by atoms with E-state index in [9.17, 15) is 0 Å². The van der Waals surface area contributed by atoms with E-state index in [1.807, 2.05) is 12.1 Å². The number of nitrogens with one attached hydrogen (secondary N) is 1. The number of benzene rings is 1. The number of hydrogen-bond acceptors (Lipinski definition) is 1. The van der Waals surface area contributed by atoms with Gasteiger partial charge >= 0.3 is 0 Å². The second-order valence-electron chi connectivity index (χ2n) is 6.67. The zero-order valence-electron chi connectivity index (χ0n) is 13.1. The van der Waals surface area contributed by atoms with E-state index in [0.717, 1.165) is 11.6 Å². The largest absolute Gasteiger partial charge is 0.319 e. The van der Waals surface area contributed by atoms with E-state index in [4.69, 9.17) is 11.6 Å². The van der Waals surface area contributed by atoms with Crippen molar-refractivity contribution >= 4 is 11.6 Å². The second-order valence-corrected chi connectivity index (χ2v) is 7.11. The molecule has 2 rings (SSSR count). The highest BCUT2D eigenvalue weighted by Gasteiger charge is 2.53. The average Bonchev–Trinajstić information content (AvgIpc) is 2.38. The van der Waals surface area contributed by atoms with Gasteiger partial charge in [-0.2, -0.15) is 0 Å². The van der Waals surface area contributed by atoms with Gasteiger partial charge in [0.05, 0.1) is 0 Å². The summed E-state index contributed by atoms with van der Waals surface area (Å²) in [5, 5.41) is 4.25. The Bertz CT molecular complexity index is 410. The van der Waals surface area contributed by atoms with Crippen molar-refractivity contribution in [3.63, 3.8) is 0 Å². The zero-order chi connectivity index (χ0) is 14.6. The predicted octanol–water partition coefficient (Wildman–Crippen LogP) is 5.18. The number of likely N-dealkylation sites (N-methyl/N-ethyl adjacent to an activating group) is 1. The van der Waals surface area contributed by atoms with E-state index in [2.05, 4.69) is 38.3 Å². The Hall–Kier alpha value is -0.530. The van der Waals surface area contributed by atoms with Crippen LogP contribution in [0.15, 0.2) is 24.3 Å². The van der Waals surface area contributed by atoms with Gasteiger partial charge in [-0.15, -0.1) is 0 Å². The first kappa shape index (κ1) is 15.9. The predicted molar refractivity (Wildman–Crippen MR) is 88.5 cm³/mol. The highest BCUT2D eigenvalue weighted by Crippen LogP contribution is 2.60. The highest BCUT2D eigenvalue weighted by molar-refractivity contribution is 6.30. The summed E-state index contributed by atoms with van der Waals surface area (Å²) in [5.41, 5.74) is 2.36. The average molecular weight is 294 g/mol. The third kappa shape index (κ3) is 3.04. The number of hydrogen-bond donors (Lipinski definition) is 1. The lowest BCUT2D eigenvalue weighted by molar-refractivity contribution is 0.00389. The molecule has 0 amide bonds. The molecule has 0 saturated heterocycles. The Morgan fingerprint density at radius 2 is 1.60 bits per heavy atom. The summed E-state index contributed by atoms with van der Waals surface area (Å²) < 4.78 is 0. The third-order valence-corrected chi connectivity index (χ3v) is 5.21. The molecule has 0 spiro atoms. The molecule has 1 nitrogen and oxygen atoms in total. The third-order valence-electron chi connectivity index (χ3n) is 4.96. The van der Waals surface area contributed by atoms with Gasteiger partial charge in [0.2, 0.25) is 0 Å². The van der Waals surface area contributed by atoms with Crippen LogP contribution in [0.5, 0.6) is 0 Å². The molecule has 0 bridgehead atoms. The summed E-state index contributed by atoms with van der Waals surface area (Å²) in [6.07, 6.45) is 8.00. The van der Waals surface area contributed by atoms with Gasteiger partial charge < -0.3 is 5.32 Å². The maximum absolute atomic E-state index is 6.04.